The summed E-state index contributed by atoms with van der Waals surface area (Å²) in [5.74, 6) is -3.64. The highest BCUT2D eigenvalue weighted by atomic mass is 19.2. The molecule has 1 N–H and O–H groups in total. The summed E-state index contributed by atoms with van der Waals surface area (Å²) in [7, 11) is 1.25. The molecule has 0 radical (unpaired) electrons. The Hall–Kier alpha value is -2.18. The Kier molecular flexibility index (Phi) is 4.43. The van der Waals surface area contributed by atoms with Gasteiger partial charge in [0.25, 0.3) is 0 Å². The lowest BCUT2D eigenvalue weighted by Crippen LogP contribution is -2.42. The minimum absolute atomic E-state index is 0.0207. The highest BCUT2D eigenvalue weighted by Crippen LogP contribution is 2.45. The molecule has 3 rings (SSSR count). The molecule has 2 fully saturated rings. The number of hydrogen-bond donors (Lipinski definition) is 1. The summed E-state index contributed by atoms with van der Waals surface area (Å²) < 4.78 is 37.8. The number of carbonyl (C=O) groups excluding carboxylic acids is 2. The number of hydrogen-bond acceptors (Lipinski definition) is 4. The van der Waals surface area contributed by atoms with Crippen molar-refractivity contribution in [1.29, 1.82) is 0 Å². The SMILES string of the molecule is COc1ccc(CNC(=O)C2CC(=O)OC23CCCC3)c(F)c1F. The Balaban J connectivity index is 1.70. The quantitative estimate of drug-likeness (QED) is 0.856. The maximum Gasteiger partial charge on any atom is 0.307 e. The van der Waals surface area contributed by atoms with E-state index in [9.17, 15) is 18.4 Å². The van der Waals surface area contributed by atoms with E-state index in [-0.39, 0.29) is 36.2 Å². The summed E-state index contributed by atoms with van der Waals surface area (Å²) in [6, 6.07) is 2.67. The molecule has 1 aromatic rings. The van der Waals surface area contributed by atoms with Crippen LogP contribution in [0.3, 0.4) is 0 Å². The van der Waals surface area contributed by atoms with Crippen molar-refractivity contribution >= 4 is 11.9 Å². The van der Waals surface area contributed by atoms with Gasteiger partial charge in [-0.15, -0.1) is 0 Å². The summed E-state index contributed by atoms with van der Waals surface area (Å²) >= 11 is 0. The van der Waals surface area contributed by atoms with Crippen LogP contribution in [0.1, 0.15) is 37.7 Å². The van der Waals surface area contributed by atoms with Crippen LogP contribution in [0.5, 0.6) is 5.75 Å². The van der Waals surface area contributed by atoms with Crippen LogP contribution in [0.2, 0.25) is 0 Å². The van der Waals surface area contributed by atoms with E-state index in [1.54, 1.807) is 0 Å². The van der Waals surface area contributed by atoms with Crippen molar-refractivity contribution < 1.29 is 27.8 Å². The third-order valence-corrected chi connectivity index (χ3v) is 4.89. The highest BCUT2D eigenvalue weighted by molar-refractivity contribution is 5.87. The number of nitrogens with one attached hydrogen (secondary N) is 1. The number of esters is 1. The molecule has 1 aliphatic carbocycles. The normalized spacial score (nSPS) is 21.8. The van der Waals surface area contributed by atoms with Gasteiger partial charge in [-0.25, -0.2) is 4.39 Å². The molecular weight excluding hydrogens is 320 g/mol. The van der Waals surface area contributed by atoms with Crippen molar-refractivity contribution in [2.24, 2.45) is 5.92 Å². The fourth-order valence-electron chi connectivity index (χ4n) is 3.62. The summed E-state index contributed by atoms with van der Waals surface area (Å²) in [4.78, 5) is 24.1. The first-order chi connectivity index (χ1) is 11.5. The van der Waals surface area contributed by atoms with Gasteiger partial charge in [0, 0.05) is 12.1 Å². The summed E-state index contributed by atoms with van der Waals surface area (Å²) in [6.07, 6.45) is 3.20. The Morgan fingerprint density at radius 2 is 2.04 bits per heavy atom. The average molecular weight is 339 g/mol. The van der Waals surface area contributed by atoms with Gasteiger partial charge in [0.1, 0.15) is 5.60 Å². The molecule has 1 atom stereocenters. The molecule has 1 unspecified atom stereocenters. The lowest BCUT2D eigenvalue weighted by atomic mass is 9.85. The van der Waals surface area contributed by atoms with Crippen molar-refractivity contribution in [1.82, 2.24) is 5.32 Å². The van der Waals surface area contributed by atoms with Crippen molar-refractivity contribution in [2.75, 3.05) is 7.11 Å². The zero-order valence-electron chi connectivity index (χ0n) is 13.4. The molecule has 1 saturated carbocycles. The zero-order valence-corrected chi connectivity index (χ0v) is 13.4. The average Bonchev–Trinajstić information content (AvgIpc) is 3.15. The summed E-state index contributed by atoms with van der Waals surface area (Å²) in [5, 5.41) is 2.60. The van der Waals surface area contributed by atoms with Crippen LogP contribution >= 0.6 is 0 Å². The van der Waals surface area contributed by atoms with Crippen LogP contribution in [0.25, 0.3) is 0 Å². The van der Waals surface area contributed by atoms with Gasteiger partial charge in [0.2, 0.25) is 11.7 Å². The highest BCUT2D eigenvalue weighted by Gasteiger charge is 2.53. The van der Waals surface area contributed by atoms with Crippen molar-refractivity contribution in [3.8, 4) is 5.75 Å². The van der Waals surface area contributed by atoms with Crippen LogP contribution in [0.4, 0.5) is 8.78 Å². The predicted molar refractivity (Wildman–Crippen MR) is 80.2 cm³/mol. The number of carbonyl (C=O) groups is 2. The second kappa shape index (κ2) is 6.37. The maximum absolute atomic E-state index is 13.9. The molecular formula is C17H19F2NO4. The standard InChI is InChI=1S/C17H19F2NO4/c1-23-12-5-4-10(14(18)15(12)19)9-20-16(22)11-8-13(21)24-17(11)6-2-3-7-17/h4-5,11H,2-3,6-9H2,1H3,(H,20,22). The first-order valence-corrected chi connectivity index (χ1v) is 7.97. The van der Waals surface area contributed by atoms with Crippen molar-refractivity contribution in [3.63, 3.8) is 0 Å². The van der Waals surface area contributed by atoms with E-state index in [0.29, 0.717) is 12.8 Å². The molecule has 0 aromatic heterocycles. The summed E-state index contributed by atoms with van der Waals surface area (Å²) in [5.41, 5.74) is -0.697. The molecule has 1 aliphatic heterocycles. The third kappa shape index (κ3) is 2.83. The molecule has 1 amide bonds. The lowest BCUT2D eigenvalue weighted by molar-refractivity contribution is -0.149. The van der Waals surface area contributed by atoms with Crippen molar-refractivity contribution in [3.05, 3.63) is 29.3 Å². The Morgan fingerprint density at radius 3 is 2.71 bits per heavy atom. The fraction of sp³-hybridized carbons (Fsp3) is 0.529. The molecule has 1 spiro atoms. The van der Waals surface area contributed by atoms with E-state index in [0.717, 1.165) is 12.8 Å². The summed E-state index contributed by atoms with van der Waals surface area (Å²) in [6.45, 7) is -0.160. The molecule has 7 heteroatoms. The van der Waals surface area contributed by atoms with E-state index < -0.39 is 23.2 Å². The van der Waals surface area contributed by atoms with E-state index in [4.69, 9.17) is 9.47 Å². The molecule has 2 aliphatic rings. The lowest BCUT2D eigenvalue weighted by Gasteiger charge is -2.27. The van der Waals surface area contributed by atoms with Crippen molar-refractivity contribution in [2.45, 2.75) is 44.2 Å². The number of amides is 1. The first kappa shape index (κ1) is 16.7. The molecule has 130 valence electrons. The molecule has 0 bridgehead atoms. The van der Waals surface area contributed by atoms with E-state index >= 15 is 0 Å². The second-order valence-corrected chi connectivity index (χ2v) is 6.28. The van der Waals surface area contributed by atoms with Crippen LogP contribution in [0.15, 0.2) is 12.1 Å². The fourth-order valence-corrected chi connectivity index (χ4v) is 3.62. The maximum atomic E-state index is 13.9. The van der Waals surface area contributed by atoms with E-state index in [1.807, 2.05) is 0 Å². The van der Waals surface area contributed by atoms with Gasteiger partial charge >= 0.3 is 5.97 Å². The number of benzene rings is 1. The van der Waals surface area contributed by atoms with Gasteiger partial charge < -0.3 is 14.8 Å². The third-order valence-electron chi connectivity index (χ3n) is 4.89. The minimum atomic E-state index is -1.09. The number of halogens is 2. The molecule has 1 heterocycles. The van der Waals surface area contributed by atoms with Crippen LogP contribution < -0.4 is 10.1 Å². The molecule has 5 nitrogen and oxygen atoms in total. The van der Waals surface area contributed by atoms with Crippen LogP contribution in [-0.4, -0.2) is 24.6 Å². The first-order valence-electron chi connectivity index (χ1n) is 7.97. The van der Waals surface area contributed by atoms with Gasteiger partial charge in [0.05, 0.1) is 19.4 Å². The molecule has 1 aromatic carbocycles. The Labute approximate surface area is 138 Å². The number of rotatable bonds is 4. The zero-order chi connectivity index (χ0) is 17.3. The van der Waals surface area contributed by atoms with Crippen LogP contribution in [-0.2, 0) is 20.9 Å². The van der Waals surface area contributed by atoms with Gasteiger partial charge in [-0.3, -0.25) is 9.59 Å². The smallest absolute Gasteiger partial charge is 0.307 e. The van der Waals surface area contributed by atoms with Gasteiger partial charge in [-0.05, 0) is 31.7 Å². The predicted octanol–water partition coefficient (Wildman–Crippen LogP) is 2.47. The number of ether oxygens (including phenoxy) is 2. The molecule has 24 heavy (non-hydrogen) atoms. The largest absolute Gasteiger partial charge is 0.494 e. The van der Waals surface area contributed by atoms with E-state index in [1.165, 1.54) is 19.2 Å². The Bertz CT molecular complexity index is 671. The molecule has 1 saturated heterocycles. The van der Waals surface area contributed by atoms with Gasteiger partial charge in [-0.1, -0.05) is 6.07 Å². The van der Waals surface area contributed by atoms with Gasteiger partial charge in [-0.2, -0.15) is 4.39 Å². The number of methoxy groups -OCH3 is 1. The monoisotopic (exact) mass is 339 g/mol. The Morgan fingerprint density at radius 1 is 1.33 bits per heavy atom. The second-order valence-electron chi connectivity index (χ2n) is 6.28. The van der Waals surface area contributed by atoms with Crippen LogP contribution in [0, 0.1) is 17.6 Å². The minimum Gasteiger partial charge on any atom is -0.494 e. The topological polar surface area (TPSA) is 64.6 Å². The van der Waals surface area contributed by atoms with E-state index in [2.05, 4.69) is 5.32 Å². The van der Waals surface area contributed by atoms with Gasteiger partial charge in [0.15, 0.2) is 11.6 Å².